The smallest absolute Gasteiger partial charge is 0.0514 e. The molecule has 0 aliphatic carbocycles. The number of hydrogen-bond donors (Lipinski definition) is 1. The van der Waals surface area contributed by atoms with E-state index >= 15 is 0 Å². The molecule has 0 unspecified atom stereocenters. The summed E-state index contributed by atoms with van der Waals surface area (Å²) in [5.74, 6) is 0.403. The van der Waals surface area contributed by atoms with E-state index in [2.05, 4.69) is 137 Å². The van der Waals surface area contributed by atoms with Crippen molar-refractivity contribution in [3.8, 4) is 0 Å². The van der Waals surface area contributed by atoms with Crippen LogP contribution in [0.1, 0.15) is 64.5 Å². The van der Waals surface area contributed by atoms with E-state index < -0.39 is 5.54 Å². The van der Waals surface area contributed by atoms with Crippen molar-refractivity contribution < 1.29 is 0 Å². The minimum absolute atomic E-state index is 0.403. The number of fused-ring (bicyclic) bond motifs is 1. The second-order valence-corrected chi connectivity index (χ2v) is 10.2. The Morgan fingerprint density at radius 2 is 1.57 bits per heavy atom. The van der Waals surface area contributed by atoms with Crippen LogP contribution in [0, 0.1) is 0 Å². The Morgan fingerprint density at radius 3 is 2.22 bits per heavy atom. The largest absolute Gasteiger partial charge is 0.321 e. The van der Waals surface area contributed by atoms with Crippen LogP contribution in [-0.4, -0.2) is 0 Å². The highest BCUT2D eigenvalue weighted by Crippen LogP contribution is 2.41. The lowest BCUT2D eigenvalue weighted by molar-refractivity contribution is 0.413. The Kier molecular flexibility index (Phi) is 8.00. The van der Waals surface area contributed by atoms with Gasteiger partial charge >= 0.3 is 0 Å². The molecule has 0 radical (unpaired) electrons. The molecule has 0 fully saturated rings. The van der Waals surface area contributed by atoms with Crippen molar-refractivity contribution in [3.05, 3.63) is 118 Å². The lowest BCUT2D eigenvalue weighted by Crippen LogP contribution is -2.37. The average Bonchev–Trinajstić information content (AvgIpc) is 2.93. The number of benzene rings is 4. The molecule has 0 saturated carbocycles. The maximum absolute atomic E-state index is 7.10. The van der Waals surface area contributed by atoms with Gasteiger partial charge in [-0.15, -0.1) is 0 Å². The Morgan fingerprint density at radius 1 is 0.892 bits per heavy atom. The minimum atomic E-state index is -0.428. The summed E-state index contributed by atoms with van der Waals surface area (Å²) in [5, 5.41) is 4.55. The Labute approximate surface area is 222 Å². The normalized spacial score (nSPS) is 12.9. The van der Waals surface area contributed by atoms with Crippen LogP contribution in [0.3, 0.4) is 0 Å². The van der Waals surface area contributed by atoms with Crippen molar-refractivity contribution >= 4 is 34.8 Å². The van der Waals surface area contributed by atoms with E-state index in [1.165, 1.54) is 21.9 Å². The Bertz CT molecular complexity index is 1520. The van der Waals surface area contributed by atoms with E-state index in [1.54, 1.807) is 0 Å². The zero-order chi connectivity index (χ0) is 26.6. The highest BCUT2D eigenvalue weighted by Gasteiger charge is 2.29. The van der Waals surface area contributed by atoms with E-state index in [-0.39, 0.29) is 0 Å². The molecule has 0 spiro atoms. The third-order valence-corrected chi connectivity index (χ3v) is 7.63. The summed E-state index contributed by atoms with van der Waals surface area (Å²) in [4.78, 5) is 2.38. The number of allylic oxidation sites excluding steroid dienone is 2. The van der Waals surface area contributed by atoms with Gasteiger partial charge < -0.3 is 10.6 Å². The summed E-state index contributed by atoms with van der Waals surface area (Å²) in [6.45, 7) is 15.2. The molecule has 0 saturated heterocycles. The molecule has 0 aromatic heterocycles. The predicted octanol–water partition coefficient (Wildman–Crippen LogP) is 7.87. The summed E-state index contributed by atoms with van der Waals surface area (Å²) in [5.41, 5.74) is 12.5. The van der Waals surface area contributed by atoms with E-state index in [4.69, 9.17) is 5.73 Å². The van der Waals surface area contributed by atoms with Crippen LogP contribution in [0.4, 0.5) is 11.4 Å². The summed E-state index contributed by atoms with van der Waals surface area (Å²) >= 11 is 0. The molecular weight excluding hydrogens is 448 g/mol. The molecular formula is C35H40N2. The maximum atomic E-state index is 7.10. The molecule has 0 aliphatic rings. The van der Waals surface area contributed by atoms with E-state index in [1.807, 2.05) is 6.07 Å². The van der Waals surface area contributed by atoms with Crippen LogP contribution in [0.2, 0.25) is 0 Å². The lowest BCUT2D eigenvalue weighted by atomic mass is 9.83. The number of nitrogens with two attached hydrogens (primary N) is 1. The zero-order valence-electron chi connectivity index (χ0n) is 23.0. The Balaban J connectivity index is 2.07. The summed E-state index contributed by atoms with van der Waals surface area (Å²) in [6, 6.07) is 30.4. The maximum Gasteiger partial charge on any atom is 0.0514 e. The van der Waals surface area contributed by atoms with Crippen LogP contribution >= 0.6 is 0 Å². The molecule has 0 amide bonds. The van der Waals surface area contributed by atoms with Gasteiger partial charge in [0.25, 0.3) is 0 Å². The molecule has 4 aromatic carbocycles. The Hall–Kier alpha value is -3.62. The molecule has 4 aromatic rings. The number of hydrogen-bond acceptors (Lipinski definition) is 2. The molecule has 2 nitrogen and oxygen atoms in total. The fourth-order valence-electron chi connectivity index (χ4n) is 5.00. The highest BCUT2D eigenvalue weighted by atomic mass is 15.2. The summed E-state index contributed by atoms with van der Waals surface area (Å²) in [7, 11) is 0. The fourth-order valence-corrected chi connectivity index (χ4v) is 5.00. The first kappa shape index (κ1) is 26.4. The van der Waals surface area contributed by atoms with Crippen LogP contribution < -0.4 is 21.1 Å². The molecule has 2 N–H and O–H groups in total. The van der Waals surface area contributed by atoms with Crippen LogP contribution in [0.25, 0.3) is 23.4 Å². The van der Waals surface area contributed by atoms with Gasteiger partial charge in [0.2, 0.25) is 0 Å². The number of nitrogens with zero attached hydrogens (tertiary/aromatic N) is 1. The second kappa shape index (κ2) is 11.2. The number of rotatable bonds is 8. The van der Waals surface area contributed by atoms with Gasteiger partial charge in [0.15, 0.2) is 0 Å². The monoisotopic (exact) mass is 488 g/mol. The van der Waals surface area contributed by atoms with Crippen LogP contribution in [-0.2, 0) is 5.54 Å². The van der Waals surface area contributed by atoms with Crippen molar-refractivity contribution in [2.75, 3.05) is 4.90 Å². The van der Waals surface area contributed by atoms with Gasteiger partial charge in [-0.25, -0.2) is 0 Å². The van der Waals surface area contributed by atoms with E-state index in [9.17, 15) is 0 Å². The van der Waals surface area contributed by atoms with Crippen molar-refractivity contribution in [1.29, 1.82) is 0 Å². The molecule has 190 valence electrons. The first-order valence-corrected chi connectivity index (χ1v) is 13.5. The molecule has 0 atom stereocenters. The molecule has 0 aliphatic heterocycles. The minimum Gasteiger partial charge on any atom is -0.321 e. The summed E-state index contributed by atoms with van der Waals surface area (Å²) < 4.78 is 0. The van der Waals surface area contributed by atoms with Crippen LogP contribution in [0.5, 0.6) is 0 Å². The third-order valence-electron chi connectivity index (χ3n) is 7.63. The summed E-state index contributed by atoms with van der Waals surface area (Å²) in [6.07, 6.45) is 6.14. The van der Waals surface area contributed by atoms with Gasteiger partial charge in [-0.1, -0.05) is 107 Å². The quantitative estimate of drug-likeness (QED) is 0.273. The van der Waals surface area contributed by atoms with Gasteiger partial charge in [-0.05, 0) is 82.3 Å². The molecule has 4 rings (SSSR count). The van der Waals surface area contributed by atoms with Crippen molar-refractivity contribution in [1.82, 2.24) is 0 Å². The molecule has 0 heterocycles. The average molecular weight is 489 g/mol. The number of anilines is 2. The SMILES string of the molecule is C=c1cccc/c1=C/C(=C\C)N(c1ccc2ccccc2c1)c1cc(C(C)C)ccc1C(N)(CC)CC. The fraction of sp³-hybridized carbons (Fsp3) is 0.257. The topological polar surface area (TPSA) is 29.3 Å². The standard InChI is InChI=1S/C35H40N2/c1-7-31(22-29-16-11-10-14-26(29)6)37(32-20-18-27-15-12-13-17-30(27)23-32)34-24-28(25(4)5)19-21-33(34)35(36,8-2)9-3/h7,10-25H,6,8-9,36H2,1-5H3/b29-22-,31-7+. The lowest BCUT2D eigenvalue weighted by Gasteiger charge is -2.36. The van der Waals surface area contributed by atoms with Crippen molar-refractivity contribution in [3.63, 3.8) is 0 Å². The van der Waals surface area contributed by atoms with E-state index in [0.717, 1.165) is 40.4 Å². The molecule has 0 bridgehead atoms. The predicted molar refractivity (Wildman–Crippen MR) is 163 cm³/mol. The first-order chi connectivity index (χ1) is 17.8. The molecule has 37 heavy (non-hydrogen) atoms. The van der Waals surface area contributed by atoms with Gasteiger partial charge in [-0.3, -0.25) is 0 Å². The molecule has 2 heteroatoms. The first-order valence-electron chi connectivity index (χ1n) is 13.5. The van der Waals surface area contributed by atoms with Gasteiger partial charge in [0.1, 0.15) is 0 Å². The van der Waals surface area contributed by atoms with Gasteiger partial charge in [0.05, 0.1) is 5.69 Å². The van der Waals surface area contributed by atoms with Gasteiger partial charge in [0, 0.05) is 16.9 Å². The van der Waals surface area contributed by atoms with E-state index in [0.29, 0.717) is 5.92 Å². The van der Waals surface area contributed by atoms with Crippen molar-refractivity contribution in [2.45, 2.75) is 58.9 Å². The van der Waals surface area contributed by atoms with Crippen molar-refractivity contribution in [2.24, 2.45) is 5.73 Å². The van der Waals surface area contributed by atoms with Crippen LogP contribution in [0.15, 0.2) is 96.7 Å². The zero-order valence-corrected chi connectivity index (χ0v) is 23.0. The third kappa shape index (κ3) is 5.40. The second-order valence-electron chi connectivity index (χ2n) is 10.2. The van der Waals surface area contributed by atoms with Gasteiger partial charge in [-0.2, -0.15) is 0 Å². The highest BCUT2D eigenvalue weighted by molar-refractivity contribution is 5.89.